The van der Waals surface area contributed by atoms with E-state index in [1.54, 1.807) is 19.2 Å². The van der Waals surface area contributed by atoms with Crippen LogP contribution in [-0.2, 0) is 11.2 Å². The predicted molar refractivity (Wildman–Crippen MR) is 84.8 cm³/mol. The lowest BCUT2D eigenvalue weighted by Crippen LogP contribution is -2.26. The Morgan fingerprint density at radius 1 is 1.17 bits per heavy atom. The van der Waals surface area contributed by atoms with Crippen LogP contribution in [0.2, 0.25) is 0 Å². The van der Waals surface area contributed by atoms with Crippen LogP contribution in [0, 0.1) is 5.82 Å². The van der Waals surface area contributed by atoms with Crippen molar-refractivity contribution in [2.45, 2.75) is 6.42 Å². The summed E-state index contributed by atoms with van der Waals surface area (Å²) in [6.45, 7) is 1.63. The van der Waals surface area contributed by atoms with Crippen molar-refractivity contribution in [2.75, 3.05) is 32.1 Å². The summed E-state index contributed by atoms with van der Waals surface area (Å²) < 4.78 is 17.7. The molecular weight excluding hydrogens is 299 g/mol. The summed E-state index contributed by atoms with van der Waals surface area (Å²) in [5.41, 5.74) is 1.21. The van der Waals surface area contributed by atoms with Crippen LogP contribution in [0.25, 0.3) is 0 Å². The van der Waals surface area contributed by atoms with Gasteiger partial charge in [0.25, 0.3) is 5.91 Å². The Morgan fingerprint density at radius 3 is 2.61 bits per heavy atom. The van der Waals surface area contributed by atoms with Gasteiger partial charge in [0.1, 0.15) is 17.3 Å². The largest absolute Gasteiger partial charge is 0.383 e. The number of benzene rings is 1. The second-order valence-electron chi connectivity index (χ2n) is 4.84. The van der Waals surface area contributed by atoms with Gasteiger partial charge in [0, 0.05) is 20.2 Å². The van der Waals surface area contributed by atoms with Crippen LogP contribution in [0.15, 0.2) is 36.7 Å². The molecule has 0 bridgehead atoms. The van der Waals surface area contributed by atoms with Crippen molar-refractivity contribution in [3.8, 4) is 0 Å². The molecule has 0 fully saturated rings. The summed E-state index contributed by atoms with van der Waals surface area (Å²) in [4.78, 5) is 20.1. The van der Waals surface area contributed by atoms with Gasteiger partial charge in [-0.1, -0.05) is 12.1 Å². The Balaban J connectivity index is 1.77. The fourth-order valence-electron chi connectivity index (χ4n) is 1.88. The Morgan fingerprint density at radius 2 is 1.96 bits per heavy atom. The van der Waals surface area contributed by atoms with Crippen LogP contribution >= 0.6 is 0 Å². The number of amides is 1. The van der Waals surface area contributed by atoms with Crippen LogP contribution in [0.1, 0.15) is 16.1 Å². The molecule has 0 radical (unpaired) electrons. The SMILES string of the molecule is COCCNc1cnc(C(=O)NCCc2ccc(F)cc2)cn1. The molecule has 0 spiro atoms. The zero-order chi connectivity index (χ0) is 16.5. The van der Waals surface area contributed by atoms with Crippen molar-refractivity contribution in [1.29, 1.82) is 0 Å². The number of anilines is 1. The molecule has 0 aliphatic heterocycles. The molecule has 0 aliphatic carbocycles. The van der Waals surface area contributed by atoms with Crippen molar-refractivity contribution < 1.29 is 13.9 Å². The number of hydrogen-bond acceptors (Lipinski definition) is 5. The fourth-order valence-corrected chi connectivity index (χ4v) is 1.88. The van der Waals surface area contributed by atoms with Crippen LogP contribution in [0.4, 0.5) is 10.2 Å². The van der Waals surface area contributed by atoms with Crippen LogP contribution in [-0.4, -0.2) is 42.7 Å². The highest BCUT2D eigenvalue weighted by Crippen LogP contribution is 2.03. The molecule has 122 valence electrons. The number of nitrogens with one attached hydrogen (secondary N) is 2. The predicted octanol–water partition coefficient (Wildman–Crippen LogP) is 1.65. The molecule has 0 unspecified atom stereocenters. The molecule has 2 rings (SSSR count). The Hall–Kier alpha value is -2.54. The number of hydrogen-bond donors (Lipinski definition) is 2. The smallest absolute Gasteiger partial charge is 0.271 e. The normalized spacial score (nSPS) is 10.3. The molecular formula is C16H19FN4O2. The maximum absolute atomic E-state index is 12.8. The quantitative estimate of drug-likeness (QED) is 0.724. The molecule has 0 aliphatic rings. The van der Waals surface area contributed by atoms with E-state index >= 15 is 0 Å². The lowest BCUT2D eigenvalue weighted by Gasteiger charge is -2.06. The Labute approximate surface area is 134 Å². The van der Waals surface area contributed by atoms with Crippen LogP contribution in [0.5, 0.6) is 0 Å². The third-order valence-electron chi connectivity index (χ3n) is 3.11. The third-order valence-corrected chi connectivity index (χ3v) is 3.11. The van der Waals surface area contributed by atoms with Gasteiger partial charge in [-0.25, -0.2) is 14.4 Å². The first-order valence-electron chi connectivity index (χ1n) is 7.26. The molecule has 6 nitrogen and oxygen atoms in total. The van der Waals surface area contributed by atoms with Crippen molar-refractivity contribution in [3.63, 3.8) is 0 Å². The average Bonchev–Trinajstić information content (AvgIpc) is 2.57. The number of halogens is 1. The lowest BCUT2D eigenvalue weighted by molar-refractivity contribution is 0.0949. The second kappa shape index (κ2) is 8.79. The van der Waals surface area contributed by atoms with E-state index in [1.165, 1.54) is 24.5 Å². The summed E-state index contributed by atoms with van der Waals surface area (Å²) in [6.07, 6.45) is 3.54. The molecule has 1 heterocycles. The van der Waals surface area contributed by atoms with Gasteiger partial charge in [0.2, 0.25) is 0 Å². The molecule has 1 aromatic heterocycles. The number of carbonyl (C=O) groups is 1. The van der Waals surface area contributed by atoms with Crippen molar-refractivity contribution in [1.82, 2.24) is 15.3 Å². The minimum Gasteiger partial charge on any atom is -0.383 e. The van der Waals surface area contributed by atoms with Crippen molar-refractivity contribution in [2.24, 2.45) is 0 Å². The number of aromatic nitrogens is 2. The zero-order valence-electron chi connectivity index (χ0n) is 12.9. The monoisotopic (exact) mass is 318 g/mol. The molecule has 23 heavy (non-hydrogen) atoms. The highest BCUT2D eigenvalue weighted by Gasteiger charge is 2.07. The van der Waals surface area contributed by atoms with Crippen molar-refractivity contribution >= 4 is 11.7 Å². The lowest BCUT2D eigenvalue weighted by atomic mass is 10.1. The summed E-state index contributed by atoms with van der Waals surface area (Å²) in [5.74, 6) is 0.0280. The van der Waals surface area contributed by atoms with E-state index in [1.807, 2.05) is 0 Å². The van der Waals surface area contributed by atoms with Gasteiger partial charge in [-0.15, -0.1) is 0 Å². The first-order valence-corrected chi connectivity index (χ1v) is 7.26. The van der Waals surface area contributed by atoms with E-state index < -0.39 is 0 Å². The molecule has 1 aromatic carbocycles. The minimum atomic E-state index is -0.289. The van der Waals surface area contributed by atoms with Crippen LogP contribution < -0.4 is 10.6 Å². The van der Waals surface area contributed by atoms with Crippen LogP contribution in [0.3, 0.4) is 0 Å². The number of rotatable bonds is 8. The van der Waals surface area contributed by atoms with Gasteiger partial charge in [0.15, 0.2) is 0 Å². The molecule has 2 aromatic rings. The summed E-state index contributed by atoms with van der Waals surface area (Å²) in [5, 5.41) is 5.78. The molecule has 0 saturated heterocycles. The zero-order valence-corrected chi connectivity index (χ0v) is 12.9. The Kier molecular flexibility index (Phi) is 6.43. The first-order chi connectivity index (χ1) is 11.2. The number of methoxy groups -OCH3 is 1. The van der Waals surface area contributed by atoms with E-state index in [0.717, 1.165) is 5.56 Å². The molecule has 2 N–H and O–H groups in total. The van der Waals surface area contributed by atoms with Gasteiger partial charge in [-0.3, -0.25) is 4.79 Å². The Bertz CT molecular complexity index is 617. The van der Waals surface area contributed by atoms with E-state index in [4.69, 9.17) is 4.74 Å². The number of ether oxygens (including phenoxy) is 1. The standard InChI is InChI=1S/C16H19FN4O2/c1-23-9-8-18-15-11-20-14(10-21-15)16(22)19-7-6-12-2-4-13(17)5-3-12/h2-5,10-11H,6-9H2,1H3,(H,18,21)(H,19,22). The summed E-state index contributed by atoms with van der Waals surface area (Å²) in [7, 11) is 1.62. The fraction of sp³-hybridized carbons (Fsp3) is 0.312. The maximum Gasteiger partial charge on any atom is 0.271 e. The maximum atomic E-state index is 12.8. The highest BCUT2D eigenvalue weighted by atomic mass is 19.1. The summed E-state index contributed by atoms with van der Waals surface area (Å²) >= 11 is 0. The van der Waals surface area contributed by atoms with E-state index in [2.05, 4.69) is 20.6 Å². The van der Waals surface area contributed by atoms with Crippen molar-refractivity contribution in [3.05, 3.63) is 53.7 Å². The van der Waals surface area contributed by atoms with Gasteiger partial charge < -0.3 is 15.4 Å². The average molecular weight is 318 g/mol. The van der Waals surface area contributed by atoms with E-state index in [0.29, 0.717) is 31.9 Å². The molecule has 1 amide bonds. The second-order valence-corrected chi connectivity index (χ2v) is 4.84. The van der Waals surface area contributed by atoms with E-state index in [-0.39, 0.29) is 17.4 Å². The third kappa shape index (κ3) is 5.63. The minimum absolute atomic E-state index is 0.251. The highest BCUT2D eigenvalue weighted by molar-refractivity contribution is 5.91. The number of nitrogens with zero attached hydrogens (tertiary/aromatic N) is 2. The molecule has 0 atom stereocenters. The van der Waals surface area contributed by atoms with E-state index in [9.17, 15) is 9.18 Å². The summed E-state index contributed by atoms with van der Waals surface area (Å²) in [6, 6.07) is 6.19. The first kappa shape index (κ1) is 16.8. The topological polar surface area (TPSA) is 76.1 Å². The molecule has 0 saturated carbocycles. The van der Waals surface area contributed by atoms with Gasteiger partial charge in [-0.2, -0.15) is 0 Å². The van der Waals surface area contributed by atoms with Gasteiger partial charge >= 0.3 is 0 Å². The molecule has 7 heteroatoms. The van der Waals surface area contributed by atoms with Gasteiger partial charge in [-0.05, 0) is 24.1 Å². The van der Waals surface area contributed by atoms with Gasteiger partial charge in [0.05, 0.1) is 19.0 Å². The number of carbonyl (C=O) groups excluding carboxylic acids is 1.